The number of hydrogen-bond donors (Lipinski definition) is 0. The molecule has 1 aliphatic heterocycles. The number of esters is 1. The minimum absolute atomic E-state index is 0.0882. The quantitative estimate of drug-likeness (QED) is 0.253. The summed E-state index contributed by atoms with van der Waals surface area (Å²) in [6, 6.07) is 13.2. The van der Waals surface area contributed by atoms with Gasteiger partial charge in [-0.1, -0.05) is 55.7 Å². The summed E-state index contributed by atoms with van der Waals surface area (Å²) < 4.78 is 39.0. The van der Waals surface area contributed by atoms with E-state index in [1.807, 2.05) is 37.3 Å². The van der Waals surface area contributed by atoms with Gasteiger partial charge in [0.05, 0.1) is 13.2 Å². The summed E-state index contributed by atoms with van der Waals surface area (Å²) in [5.41, 5.74) is 1.21. The van der Waals surface area contributed by atoms with E-state index in [0.717, 1.165) is 56.4 Å². The fourth-order valence-corrected chi connectivity index (χ4v) is 4.62. The fraction of sp³-hybridized carbons (Fsp3) is 0.536. The number of hydrogen-bond acceptors (Lipinski definition) is 4. The van der Waals surface area contributed by atoms with E-state index in [0.29, 0.717) is 25.2 Å². The molecular formula is C28H37F2NO3. The average molecular weight is 474 g/mol. The number of nitrogens with zero attached hydrogens (tertiary/aromatic N) is 1. The Morgan fingerprint density at radius 3 is 2.53 bits per heavy atom. The van der Waals surface area contributed by atoms with Gasteiger partial charge in [-0.25, -0.2) is 8.78 Å². The first-order valence-electron chi connectivity index (χ1n) is 12.6. The highest BCUT2D eigenvalue weighted by Crippen LogP contribution is 2.29. The highest BCUT2D eigenvalue weighted by molar-refractivity contribution is 5.69. The maximum Gasteiger partial charge on any atom is 0.305 e. The third-order valence-electron chi connectivity index (χ3n) is 6.55. The number of ether oxygens (including phenoxy) is 2. The first-order valence-corrected chi connectivity index (χ1v) is 12.6. The van der Waals surface area contributed by atoms with Crippen LogP contribution in [0.15, 0.2) is 48.5 Å². The number of halogens is 2. The molecule has 2 aromatic rings. The molecule has 0 spiro atoms. The van der Waals surface area contributed by atoms with Crippen LogP contribution >= 0.6 is 0 Å². The normalized spacial score (nSPS) is 15.9. The summed E-state index contributed by atoms with van der Waals surface area (Å²) in [6.07, 6.45) is 6.67. The minimum atomic E-state index is -0.588. The molecule has 1 atom stereocenters. The molecule has 0 aromatic heterocycles. The first-order chi connectivity index (χ1) is 16.6. The smallest absolute Gasteiger partial charge is 0.305 e. The second-order valence-corrected chi connectivity index (χ2v) is 9.02. The lowest BCUT2D eigenvalue weighted by atomic mass is 9.91. The van der Waals surface area contributed by atoms with Crippen LogP contribution in [0.1, 0.15) is 69.1 Å². The van der Waals surface area contributed by atoms with Gasteiger partial charge in [-0.15, -0.1) is 0 Å². The molecule has 1 saturated heterocycles. The van der Waals surface area contributed by atoms with Crippen LogP contribution in [-0.2, 0) is 14.3 Å². The van der Waals surface area contributed by atoms with Gasteiger partial charge >= 0.3 is 5.97 Å². The van der Waals surface area contributed by atoms with Gasteiger partial charge in [0.1, 0.15) is 17.7 Å². The molecule has 2 aromatic carbocycles. The monoisotopic (exact) mass is 473 g/mol. The van der Waals surface area contributed by atoms with Gasteiger partial charge in [0.15, 0.2) is 0 Å². The minimum Gasteiger partial charge on any atom is -0.466 e. The molecule has 0 aliphatic carbocycles. The summed E-state index contributed by atoms with van der Waals surface area (Å²) in [7, 11) is 0. The summed E-state index contributed by atoms with van der Waals surface area (Å²) in [4.78, 5) is 13.8. The van der Waals surface area contributed by atoms with Crippen LogP contribution < -0.4 is 0 Å². The Balaban J connectivity index is 1.39. The molecule has 0 saturated carbocycles. The summed E-state index contributed by atoms with van der Waals surface area (Å²) in [5.74, 6) is -0.522. The molecule has 6 heteroatoms. The van der Waals surface area contributed by atoms with Crippen molar-refractivity contribution in [2.45, 2.75) is 58.0 Å². The standard InChI is InChI=1S/C28H37F2NO3/c1-2-33-27(32)12-8-3-5-9-22-15-17-31(18-16-22)19-20-34-28(23-10-6-4-7-11-23)25-14-13-24(29)21-26(25)30/h4,6-7,10-11,13-14,21-22,28H,2-3,5,8-9,12,15-20H2,1H3. The number of likely N-dealkylation sites (tertiary alicyclic amines) is 1. The van der Waals surface area contributed by atoms with E-state index in [9.17, 15) is 13.6 Å². The van der Waals surface area contributed by atoms with Crippen LogP contribution in [0.2, 0.25) is 0 Å². The molecule has 0 radical (unpaired) electrons. The lowest BCUT2D eigenvalue weighted by molar-refractivity contribution is -0.143. The van der Waals surface area contributed by atoms with Crippen molar-refractivity contribution >= 4 is 5.97 Å². The van der Waals surface area contributed by atoms with Crippen molar-refractivity contribution < 1.29 is 23.0 Å². The third-order valence-corrected chi connectivity index (χ3v) is 6.55. The summed E-state index contributed by atoms with van der Waals surface area (Å²) in [5, 5.41) is 0. The van der Waals surface area contributed by atoms with E-state index in [1.165, 1.54) is 31.4 Å². The maximum atomic E-state index is 14.5. The SMILES string of the molecule is CCOC(=O)CCCCCC1CCN(CCOC(c2ccccc2)c2ccc(F)cc2F)CC1. The Hall–Kier alpha value is -2.31. The number of rotatable bonds is 13. The third kappa shape index (κ3) is 8.48. The van der Waals surface area contributed by atoms with Crippen molar-refractivity contribution in [3.63, 3.8) is 0 Å². The van der Waals surface area contributed by atoms with Crippen molar-refractivity contribution in [1.82, 2.24) is 4.90 Å². The van der Waals surface area contributed by atoms with Gasteiger partial charge in [-0.3, -0.25) is 4.79 Å². The van der Waals surface area contributed by atoms with Crippen LogP contribution in [0.4, 0.5) is 8.78 Å². The van der Waals surface area contributed by atoms with Crippen LogP contribution in [0.25, 0.3) is 0 Å². The lowest BCUT2D eigenvalue weighted by Crippen LogP contribution is -2.36. The van der Waals surface area contributed by atoms with E-state index < -0.39 is 17.7 Å². The molecule has 1 aliphatic rings. The van der Waals surface area contributed by atoms with Gasteiger partial charge in [-0.05, 0) is 56.8 Å². The molecule has 1 heterocycles. The van der Waals surface area contributed by atoms with Crippen LogP contribution in [0.3, 0.4) is 0 Å². The molecule has 0 N–H and O–H groups in total. The molecule has 1 unspecified atom stereocenters. The summed E-state index contributed by atoms with van der Waals surface area (Å²) >= 11 is 0. The van der Waals surface area contributed by atoms with Gasteiger partial charge < -0.3 is 14.4 Å². The molecule has 1 fully saturated rings. The van der Waals surface area contributed by atoms with Crippen LogP contribution in [0, 0.1) is 17.6 Å². The van der Waals surface area contributed by atoms with Crippen molar-refractivity contribution in [2.24, 2.45) is 5.92 Å². The molecule has 34 heavy (non-hydrogen) atoms. The Morgan fingerprint density at radius 1 is 1.06 bits per heavy atom. The van der Waals surface area contributed by atoms with Gasteiger partial charge in [0.25, 0.3) is 0 Å². The molecule has 0 amide bonds. The zero-order valence-corrected chi connectivity index (χ0v) is 20.2. The molecule has 186 valence electrons. The van der Waals surface area contributed by atoms with E-state index in [1.54, 1.807) is 0 Å². The Morgan fingerprint density at radius 2 is 1.82 bits per heavy atom. The van der Waals surface area contributed by atoms with E-state index >= 15 is 0 Å². The maximum absolute atomic E-state index is 14.5. The van der Waals surface area contributed by atoms with E-state index in [4.69, 9.17) is 9.47 Å². The number of benzene rings is 2. The van der Waals surface area contributed by atoms with Crippen molar-refractivity contribution in [3.05, 3.63) is 71.3 Å². The first kappa shape index (κ1) is 26.3. The average Bonchev–Trinajstić information content (AvgIpc) is 2.84. The molecule has 0 bridgehead atoms. The van der Waals surface area contributed by atoms with E-state index in [2.05, 4.69) is 4.90 Å². The number of piperidine rings is 1. The Bertz CT molecular complexity index is 869. The second-order valence-electron chi connectivity index (χ2n) is 9.02. The fourth-order valence-electron chi connectivity index (χ4n) is 4.62. The Labute approximate surface area is 202 Å². The highest BCUT2D eigenvalue weighted by atomic mass is 19.1. The van der Waals surface area contributed by atoms with E-state index in [-0.39, 0.29) is 5.97 Å². The highest BCUT2D eigenvalue weighted by Gasteiger charge is 2.22. The second kappa shape index (κ2) is 14.2. The number of carbonyl (C=O) groups is 1. The largest absolute Gasteiger partial charge is 0.466 e. The van der Waals surface area contributed by atoms with Gasteiger partial charge in [-0.2, -0.15) is 0 Å². The Kier molecular flexibility index (Phi) is 11.0. The zero-order valence-electron chi connectivity index (χ0n) is 20.2. The lowest BCUT2D eigenvalue weighted by Gasteiger charge is -2.32. The van der Waals surface area contributed by atoms with Crippen molar-refractivity contribution in [3.8, 4) is 0 Å². The van der Waals surface area contributed by atoms with Crippen molar-refractivity contribution in [2.75, 3.05) is 32.8 Å². The predicted molar refractivity (Wildman–Crippen MR) is 129 cm³/mol. The zero-order chi connectivity index (χ0) is 24.2. The van der Waals surface area contributed by atoms with Gasteiger partial charge in [0.2, 0.25) is 0 Å². The van der Waals surface area contributed by atoms with Crippen LogP contribution in [0.5, 0.6) is 0 Å². The topological polar surface area (TPSA) is 38.8 Å². The summed E-state index contributed by atoms with van der Waals surface area (Å²) in [6.45, 7) is 5.64. The molecular weight excluding hydrogens is 436 g/mol. The molecule has 4 nitrogen and oxygen atoms in total. The predicted octanol–water partition coefficient (Wildman–Crippen LogP) is 6.30. The molecule has 3 rings (SSSR count). The number of unbranched alkanes of at least 4 members (excludes halogenated alkanes) is 2. The van der Waals surface area contributed by atoms with Crippen LogP contribution in [-0.4, -0.2) is 43.7 Å². The van der Waals surface area contributed by atoms with Gasteiger partial charge in [0, 0.05) is 24.6 Å². The van der Waals surface area contributed by atoms with Crippen molar-refractivity contribution in [1.29, 1.82) is 0 Å². The number of carbonyl (C=O) groups excluding carboxylic acids is 1.